The minimum Gasteiger partial charge on any atom is -0.352 e. The molecular weight excluding hydrogens is 319 g/mol. The number of nitrogens with zero attached hydrogens (tertiary/aromatic N) is 2. The Morgan fingerprint density at radius 2 is 2.00 bits per heavy atom. The molecule has 0 unspecified atom stereocenters. The Hall–Kier alpha value is -2.57. The van der Waals surface area contributed by atoms with Crippen molar-refractivity contribution in [3.63, 3.8) is 0 Å². The Morgan fingerprint density at radius 3 is 2.58 bits per heavy atom. The van der Waals surface area contributed by atoms with E-state index in [0.717, 1.165) is 29.1 Å². The number of carbonyl (C=O) groups is 1. The highest BCUT2D eigenvalue weighted by molar-refractivity contribution is 5.84. The third kappa shape index (κ3) is 4.24. The number of benzene rings is 1. The Bertz CT molecular complexity index is 776. The molecule has 0 saturated carbocycles. The van der Waals surface area contributed by atoms with E-state index >= 15 is 0 Å². The van der Waals surface area contributed by atoms with Gasteiger partial charge >= 0.3 is 6.18 Å². The average molecular weight is 337 g/mol. The van der Waals surface area contributed by atoms with E-state index in [4.69, 9.17) is 0 Å². The third-order valence-electron chi connectivity index (χ3n) is 3.83. The van der Waals surface area contributed by atoms with Gasteiger partial charge in [0.15, 0.2) is 0 Å². The van der Waals surface area contributed by atoms with E-state index in [1.165, 1.54) is 18.3 Å². The van der Waals surface area contributed by atoms with E-state index in [0.29, 0.717) is 0 Å². The minimum atomic E-state index is -4.42. The number of aromatic nitrogens is 1. The molecule has 0 aliphatic carbocycles. The fourth-order valence-electron chi connectivity index (χ4n) is 2.27. The molecule has 0 aliphatic heterocycles. The molecule has 0 atom stereocenters. The molecule has 1 aromatic heterocycles. The van der Waals surface area contributed by atoms with Crippen molar-refractivity contribution in [1.82, 2.24) is 9.99 Å². The van der Waals surface area contributed by atoms with E-state index in [-0.39, 0.29) is 12.0 Å². The van der Waals surface area contributed by atoms with Gasteiger partial charge < -0.3 is 4.57 Å². The van der Waals surface area contributed by atoms with Crippen LogP contribution in [0.3, 0.4) is 0 Å². The molecule has 0 fully saturated rings. The van der Waals surface area contributed by atoms with Crippen molar-refractivity contribution in [2.75, 3.05) is 0 Å². The van der Waals surface area contributed by atoms with Crippen molar-refractivity contribution in [3.8, 4) is 0 Å². The molecule has 4 nitrogen and oxygen atoms in total. The molecule has 1 aromatic carbocycles. The van der Waals surface area contributed by atoms with E-state index in [9.17, 15) is 18.0 Å². The minimum absolute atomic E-state index is 0.173. The maximum absolute atomic E-state index is 12.6. The maximum Gasteiger partial charge on any atom is 0.416 e. The van der Waals surface area contributed by atoms with Gasteiger partial charge in [0.2, 0.25) is 5.91 Å². The van der Waals surface area contributed by atoms with Crippen LogP contribution in [0.2, 0.25) is 0 Å². The van der Waals surface area contributed by atoms with Gasteiger partial charge in [0.25, 0.3) is 0 Å². The highest BCUT2D eigenvalue weighted by Gasteiger charge is 2.30. The molecule has 0 aliphatic rings. The van der Waals surface area contributed by atoms with Crippen LogP contribution in [0.1, 0.15) is 28.1 Å². The first kappa shape index (κ1) is 17.8. The number of amides is 1. The smallest absolute Gasteiger partial charge is 0.352 e. The molecule has 0 saturated heterocycles. The van der Waals surface area contributed by atoms with E-state index < -0.39 is 17.6 Å². The van der Waals surface area contributed by atoms with Crippen LogP contribution < -0.4 is 5.43 Å². The molecule has 1 N–H and O–H groups in total. The summed E-state index contributed by atoms with van der Waals surface area (Å²) in [5, 5.41) is 3.86. The van der Waals surface area contributed by atoms with Gasteiger partial charge in [-0.15, -0.1) is 0 Å². The third-order valence-corrected chi connectivity index (χ3v) is 3.83. The zero-order chi connectivity index (χ0) is 17.9. The monoisotopic (exact) mass is 337 g/mol. The lowest BCUT2D eigenvalue weighted by molar-refractivity contribution is -0.137. The van der Waals surface area contributed by atoms with Crippen LogP contribution in [0.25, 0.3) is 0 Å². The Labute approximate surface area is 138 Å². The molecule has 0 bridgehead atoms. The number of hydrogen-bond acceptors (Lipinski definition) is 2. The molecular formula is C17H18F3N3O. The van der Waals surface area contributed by atoms with Crippen molar-refractivity contribution < 1.29 is 18.0 Å². The zero-order valence-electron chi connectivity index (χ0n) is 13.6. The summed E-state index contributed by atoms with van der Waals surface area (Å²) in [7, 11) is 1.92. The van der Waals surface area contributed by atoms with Crippen molar-refractivity contribution >= 4 is 12.1 Å². The fraction of sp³-hybridized carbons (Fsp3) is 0.294. The summed E-state index contributed by atoms with van der Waals surface area (Å²) in [5.74, 6) is -0.476. The highest BCUT2D eigenvalue weighted by atomic mass is 19.4. The summed E-state index contributed by atoms with van der Waals surface area (Å²) in [4.78, 5) is 11.8. The lowest BCUT2D eigenvalue weighted by atomic mass is 10.1. The second-order valence-corrected chi connectivity index (χ2v) is 5.55. The average Bonchev–Trinajstić information content (AvgIpc) is 2.74. The summed E-state index contributed by atoms with van der Waals surface area (Å²) >= 11 is 0. The van der Waals surface area contributed by atoms with Crippen molar-refractivity contribution in [3.05, 3.63) is 58.4 Å². The number of hydrogen-bond donors (Lipinski definition) is 1. The number of carbonyl (C=O) groups excluding carboxylic acids is 1. The van der Waals surface area contributed by atoms with Gasteiger partial charge in [0.05, 0.1) is 18.2 Å². The molecule has 2 aromatic rings. The van der Waals surface area contributed by atoms with Gasteiger partial charge in [-0.3, -0.25) is 4.79 Å². The normalized spacial score (nSPS) is 11.9. The van der Waals surface area contributed by atoms with E-state index in [2.05, 4.69) is 10.5 Å². The van der Waals surface area contributed by atoms with Crippen LogP contribution in [0.15, 0.2) is 35.4 Å². The molecule has 128 valence electrons. The topological polar surface area (TPSA) is 46.4 Å². The van der Waals surface area contributed by atoms with Crippen LogP contribution >= 0.6 is 0 Å². The fourth-order valence-corrected chi connectivity index (χ4v) is 2.27. The second kappa shape index (κ2) is 6.90. The van der Waals surface area contributed by atoms with Crippen molar-refractivity contribution in [1.29, 1.82) is 0 Å². The molecule has 7 heteroatoms. The Balaban J connectivity index is 1.99. The first-order chi connectivity index (χ1) is 11.2. The van der Waals surface area contributed by atoms with E-state index in [1.807, 2.05) is 31.5 Å². The van der Waals surface area contributed by atoms with Gasteiger partial charge in [-0.25, -0.2) is 5.43 Å². The first-order valence-corrected chi connectivity index (χ1v) is 7.29. The lowest BCUT2D eigenvalue weighted by Crippen LogP contribution is -2.20. The number of halogens is 3. The van der Waals surface area contributed by atoms with Gasteiger partial charge in [-0.05, 0) is 31.5 Å². The second-order valence-electron chi connectivity index (χ2n) is 5.55. The Kier molecular flexibility index (Phi) is 5.11. The molecule has 0 spiro atoms. The lowest BCUT2D eigenvalue weighted by Gasteiger charge is -2.08. The molecule has 2 rings (SSSR count). The van der Waals surface area contributed by atoms with Crippen LogP contribution in [-0.2, 0) is 24.4 Å². The van der Waals surface area contributed by atoms with Crippen LogP contribution in [0.4, 0.5) is 13.2 Å². The maximum atomic E-state index is 12.6. The molecule has 1 amide bonds. The first-order valence-electron chi connectivity index (χ1n) is 7.29. The van der Waals surface area contributed by atoms with E-state index in [1.54, 1.807) is 0 Å². The van der Waals surface area contributed by atoms with Gasteiger partial charge in [0, 0.05) is 24.0 Å². The number of nitrogens with one attached hydrogen (secondary N) is 1. The molecule has 0 radical (unpaired) electrons. The van der Waals surface area contributed by atoms with Gasteiger partial charge in [-0.1, -0.05) is 18.2 Å². The van der Waals surface area contributed by atoms with Gasteiger partial charge in [-0.2, -0.15) is 18.3 Å². The summed E-state index contributed by atoms with van der Waals surface area (Å²) in [6.07, 6.45) is -3.08. The zero-order valence-corrected chi connectivity index (χ0v) is 13.6. The number of rotatable bonds is 4. The van der Waals surface area contributed by atoms with Crippen LogP contribution in [-0.4, -0.2) is 16.7 Å². The van der Waals surface area contributed by atoms with Crippen molar-refractivity contribution in [2.45, 2.75) is 26.4 Å². The van der Waals surface area contributed by atoms with Crippen LogP contribution in [0.5, 0.6) is 0 Å². The standard InChI is InChI=1S/C17H18F3N3O/c1-11-7-14(12(2)23(11)3)10-21-22-16(24)9-13-5-4-6-15(8-13)17(18,19)20/h4-8,10H,9H2,1-3H3,(H,22,24)/b21-10+. The molecule has 1 heterocycles. The predicted molar refractivity (Wildman–Crippen MR) is 85.8 cm³/mol. The summed E-state index contributed by atoms with van der Waals surface area (Å²) in [6, 6.07) is 6.62. The largest absolute Gasteiger partial charge is 0.416 e. The summed E-state index contributed by atoms with van der Waals surface area (Å²) < 4.78 is 39.9. The number of aryl methyl sites for hydroxylation is 1. The van der Waals surface area contributed by atoms with Crippen molar-refractivity contribution in [2.24, 2.45) is 12.1 Å². The highest BCUT2D eigenvalue weighted by Crippen LogP contribution is 2.29. The quantitative estimate of drug-likeness (QED) is 0.675. The summed E-state index contributed by atoms with van der Waals surface area (Å²) in [5.41, 5.74) is 4.78. The number of alkyl halides is 3. The summed E-state index contributed by atoms with van der Waals surface area (Å²) in [6.45, 7) is 3.88. The van der Waals surface area contributed by atoms with Crippen LogP contribution in [0, 0.1) is 13.8 Å². The SMILES string of the molecule is Cc1cc(/C=N/NC(=O)Cc2cccc(C(F)(F)F)c2)c(C)n1C. The Morgan fingerprint density at radius 1 is 1.29 bits per heavy atom. The predicted octanol–water partition coefficient (Wildman–Crippen LogP) is 3.35. The molecule has 24 heavy (non-hydrogen) atoms. The van der Waals surface area contributed by atoms with Gasteiger partial charge in [0.1, 0.15) is 0 Å². The number of hydrazone groups is 1.